The Labute approximate surface area is 106 Å². The standard InChI is InChI=1S/C13H28N2S/c1-11(10-14-5)12(2)15-7-6-13(3,4)16-9-8-15/h11-12,14H,6-10H2,1-5H3. The minimum absolute atomic E-state index is 0.473. The van der Waals surface area contributed by atoms with Crippen LogP contribution in [0.1, 0.15) is 34.1 Å². The van der Waals surface area contributed by atoms with Crippen LogP contribution in [0.3, 0.4) is 0 Å². The van der Waals surface area contributed by atoms with Gasteiger partial charge >= 0.3 is 0 Å². The lowest BCUT2D eigenvalue weighted by molar-refractivity contribution is 0.168. The van der Waals surface area contributed by atoms with Crippen LogP contribution in [-0.2, 0) is 0 Å². The first-order valence-corrected chi connectivity index (χ1v) is 7.47. The molecule has 3 heteroatoms. The fraction of sp³-hybridized carbons (Fsp3) is 1.00. The fourth-order valence-electron chi connectivity index (χ4n) is 2.30. The van der Waals surface area contributed by atoms with Gasteiger partial charge in [-0.2, -0.15) is 11.8 Å². The lowest BCUT2D eigenvalue weighted by atomic mass is 10.0. The Balaban J connectivity index is 2.47. The van der Waals surface area contributed by atoms with Gasteiger partial charge in [0.15, 0.2) is 0 Å². The van der Waals surface area contributed by atoms with E-state index in [1.54, 1.807) is 0 Å². The van der Waals surface area contributed by atoms with Crippen molar-refractivity contribution in [3.63, 3.8) is 0 Å². The number of rotatable bonds is 4. The second-order valence-electron chi connectivity index (χ2n) is 5.67. The van der Waals surface area contributed by atoms with E-state index in [-0.39, 0.29) is 0 Å². The highest BCUT2D eigenvalue weighted by Crippen LogP contribution is 2.31. The predicted octanol–water partition coefficient (Wildman–Crippen LogP) is 2.45. The summed E-state index contributed by atoms with van der Waals surface area (Å²) in [5, 5.41) is 3.29. The van der Waals surface area contributed by atoms with Gasteiger partial charge in [0.25, 0.3) is 0 Å². The SMILES string of the molecule is CNCC(C)C(C)N1CCSC(C)(C)CC1. The van der Waals surface area contributed by atoms with Gasteiger partial charge in [-0.1, -0.05) is 20.8 Å². The third-order valence-electron chi connectivity index (χ3n) is 3.80. The molecule has 0 spiro atoms. The predicted molar refractivity (Wildman–Crippen MR) is 75.3 cm³/mol. The molecule has 0 saturated carbocycles. The van der Waals surface area contributed by atoms with E-state index in [0.717, 1.165) is 12.5 Å². The minimum atomic E-state index is 0.473. The molecule has 0 aromatic rings. The topological polar surface area (TPSA) is 15.3 Å². The van der Waals surface area contributed by atoms with E-state index in [9.17, 15) is 0 Å². The van der Waals surface area contributed by atoms with Gasteiger partial charge in [-0.25, -0.2) is 0 Å². The lowest BCUT2D eigenvalue weighted by Gasteiger charge is -2.32. The van der Waals surface area contributed by atoms with Crippen molar-refractivity contribution >= 4 is 11.8 Å². The second kappa shape index (κ2) is 6.27. The van der Waals surface area contributed by atoms with Gasteiger partial charge < -0.3 is 5.32 Å². The summed E-state index contributed by atoms with van der Waals surface area (Å²) in [6.07, 6.45) is 1.31. The summed E-state index contributed by atoms with van der Waals surface area (Å²) in [7, 11) is 2.05. The third kappa shape index (κ3) is 4.27. The fourth-order valence-corrected chi connectivity index (χ4v) is 3.41. The summed E-state index contributed by atoms with van der Waals surface area (Å²) in [5.74, 6) is 2.01. The molecule has 2 nitrogen and oxygen atoms in total. The molecule has 2 atom stereocenters. The van der Waals surface area contributed by atoms with E-state index in [1.165, 1.54) is 25.3 Å². The highest BCUT2D eigenvalue weighted by molar-refractivity contribution is 8.00. The summed E-state index contributed by atoms with van der Waals surface area (Å²) in [6.45, 7) is 13.1. The summed E-state index contributed by atoms with van der Waals surface area (Å²) in [4.78, 5) is 2.67. The van der Waals surface area contributed by atoms with Crippen molar-refractivity contribution in [2.75, 3.05) is 32.4 Å². The lowest BCUT2D eigenvalue weighted by Crippen LogP contribution is -2.42. The normalized spacial score (nSPS) is 26.1. The van der Waals surface area contributed by atoms with Gasteiger partial charge in [0.2, 0.25) is 0 Å². The largest absolute Gasteiger partial charge is 0.319 e. The van der Waals surface area contributed by atoms with Crippen molar-refractivity contribution in [3.8, 4) is 0 Å². The highest BCUT2D eigenvalue weighted by Gasteiger charge is 2.27. The maximum atomic E-state index is 3.29. The Hall–Kier alpha value is 0.270. The first kappa shape index (κ1) is 14.3. The van der Waals surface area contributed by atoms with Crippen LogP contribution >= 0.6 is 11.8 Å². The summed E-state index contributed by atoms with van der Waals surface area (Å²) in [5.41, 5.74) is 0. The molecular formula is C13H28N2S. The van der Waals surface area contributed by atoms with E-state index in [1.807, 2.05) is 7.05 Å². The summed E-state index contributed by atoms with van der Waals surface area (Å²) < 4.78 is 0.473. The molecule has 0 aromatic carbocycles. The number of thioether (sulfide) groups is 1. The van der Waals surface area contributed by atoms with Crippen LogP contribution in [0.4, 0.5) is 0 Å². The molecule has 0 aliphatic carbocycles. The summed E-state index contributed by atoms with van der Waals surface area (Å²) >= 11 is 2.13. The molecule has 1 N–H and O–H groups in total. The van der Waals surface area contributed by atoms with Gasteiger partial charge in [-0.05, 0) is 39.4 Å². The van der Waals surface area contributed by atoms with Crippen molar-refractivity contribution in [1.82, 2.24) is 10.2 Å². The molecule has 1 aliphatic heterocycles. The molecule has 0 bridgehead atoms. The third-order valence-corrected chi connectivity index (χ3v) is 5.17. The Morgan fingerprint density at radius 3 is 2.62 bits per heavy atom. The molecule has 1 fully saturated rings. The summed E-state index contributed by atoms with van der Waals surface area (Å²) in [6, 6.07) is 0.696. The Kier molecular flexibility index (Phi) is 5.62. The van der Waals surface area contributed by atoms with Gasteiger partial charge in [0, 0.05) is 23.1 Å². The minimum Gasteiger partial charge on any atom is -0.319 e. The number of hydrogen-bond donors (Lipinski definition) is 1. The molecule has 96 valence electrons. The molecule has 16 heavy (non-hydrogen) atoms. The van der Waals surface area contributed by atoms with Crippen LogP contribution in [0.2, 0.25) is 0 Å². The van der Waals surface area contributed by atoms with Crippen molar-refractivity contribution in [2.24, 2.45) is 5.92 Å². The zero-order valence-corrected chi connectivity index (χ0v) is 12.4. The van der Waals surface area contributed by atoms with Crippen LogP contribution in [-0.4, -0.2) is 48.1 Å². The van der Waals surface area contributed by atoms with Crippen molar-refractivity contribution < 1.29 is 0 Å². The molecular weight excluding hydrogens is 216 g/mol. The van der Waals surface area contributed by atoms with Crippen molar-refractivity contribution in [1.29, 1.82) is 0 Å². The molecule has 1 aliphatic rings. The Bertz CT molecular complexity index is 206. The van der Waals surface area contributed by atoms with Crippen LogP contribution in [0, 0.1) is 5.92 Å². The smallest absolute Gasteiger partial charge is 0.0116 e. The second-order valence-corrected chi connectivity index (χ2v) is 7.47. The average molecular weight is 244 g/mol. The van der Waals surface area contributed by atoms with Gasteiger partial charge in [0.05, 0.1) is 0 Å². The van der Waals surface area contributed by atoms with Gasteiger partial charge in [-0.15, -0.1) is 0 Å². The molecule has 0 amide bonds. The van der Waals surface area contributed by atoms with E-state index in [0.29, 0.717) is 10.8 Å². The van der Waals surface area contributed by atoms with Crippen molar-refractivity contribution in [2.45, 2.75) is 44.9 Å². The number of hydrogen-bond acceptors (Lipinski definition) is 3. The average Bonchev–Trinajstić information content (AvgIpc) is 2.39. The Morgan fingerprint density at radius 1 is 1.31 bits per heavy atom. The molecule has 0 aromatic heterocycles. The molecule has 0 radical (unpaired) electrons. The Morgan fingerprint density at radius 2 is 2.00 bits per heavy atom. The van der Waals surface area contributed by atoms with Gasteiger partial charge in [-0.3, -0.25) is 4.90 Å². The van der Waals surface area contributed by atoms with Gasteiger partial charge in [0.1, 0.15) is 0 Å². The first-order chi connectivity index (χ1) is 7.46. The van der Waals surface area contributed by atoms with Crippen LogP contribution < -0.4 is 5.32 Å². The van der Waals surface area contributed by atoms with Crippen LogP contribution in [0.15, 0.2) is 0 Å². The zero-order valence-electron chi connectivity index (χ0n) is 11.5. The van der Waals surface area contributed by atoms with E-state index < -0.39 is 0 Å². The van der Waals surface area contributed by atoms with Crippen LogP contribution in [0.25, 0.3) is 0 Å². The molecule has 1 heterocycles. The van der Waals surface area contributed by atoms with E-state index >= 15 is 0 Å². The monoisotopic (exact) mass is 244 g/mol. The number of nitrogens with zero attached hydrogens (tertiary/aromatic N) is 1. The van der Waals surface area contributed by atoms with Crippen molar-refractivity contribution in [3.05, 3.63) is 0 Å². The maximum absolute atomic E-state index is 3.29. The molecule has 1 saturated heterocycles. The zero-order chi connectivity index (χ0) is 12.2. The quantitative estimate of drug-likeness (QED) is 0.818. The number of nitrogens with one attached hydrogen (secondary N) is 1. The molecule has 1 rings (SSSR count). The molecule has 2 unspecified atom stereocenters. The first-order valence-electron chi connectivity index (χ1n) is 6.49. The van der Waals surface area contributed by atoms with E-state index in [4.69, 9.17) is 0 Å². The highest BCUT2D eigenvalue weighted by atomic mass is 32.2. The van der Waals surface area contributed by atoms with Crippen LogP contribution in [0.5, 0.6) is 0 Å². The van der Waals surface area contributed by atoms with E-state index in [2.05, 4.69) is 49.7 Å². The maximum Gasteiger partial charge on any atom is 0.0116 e.